The average Bonchev–Trinajstić information content (AvgIpc) is 2.64. The van der Waals surface area contributed by atoms with Crippen molar-refractivity contribution < 1.29 is 9.59 Å². The number of amides is 3. The first-order chi connectivity index (χ1) is 9.06. The standard InChI is InChI=1S/C12H13N5O2/c1-16-11(13)8-3-2-7(6-9(8)15-16)17-5-4-10(18)14-12(17)19/h2-3,6H,4-5,13H2,1H3,(H,14,18,19). The van der Waals surface area contributed by atoms with Crippen molar-refractivity contribution in [1.29, 1.82) is 0 Å². The molecule has 0 unspecified atom stereocenters. The van der Waals surface area contributed by atoms with Crippen molar-refractivity contribution in [2.24, 2.45) is 7.05 Å². The highest BCUT2D eigenvalue weighted by molar-refractivity contribution is 6.06. The van der Waals surface area contributed by atoms with Crippen LogP contribution >= 0.6 is 0 Å². The van der Waals surface area contributed by atoms with Gasteiger partial charge in [-0.05, 0) is 18.2 Å². The van der Waals surface area contributed by atoms with Crippen LogP contribution in [0.15, 0.2) is 18.2 Å². The van der Waals surface area contributed by atoms with Crippen LogP contribution in [0.25, 0.3) is 10.9 Å². The number of benzene rings is 1. The van der Waals surface area contributed by atoms with Crippen molar-refractivity contribution in [3.05, 3.63) is 18.2 Å². The van der Waals surface area contributed by atoms with E-state index in [1.807, 2.05) is 6.07 Å². The van der Waals surface area contributed by atoms with Gasteiger partial charge in [0.1, 0.15) is 5.82 Å². The highest BCUT2D eigenvalue weighted by Gasteiger charge is 2.24. The smallest absolute Gasteiger partial charge is 0.328 e. The fourth-order valence-electron chi connectivity index (χ4n) is 2.19. The third-order valence-electron chi connectivity index (χ3n) is 3.23. The Kier molecular flexibility index (Phi) is 2.41. The molecule has 1 aromatic carbocycles. The molecule has 3 amide bonds. The van der Waals surface area contributed by atoms with Gasteiger partial charge in [0, 0.05) is 31.1 Å². The zero-order valence-corrected chi connectivity index (χ0v) is 10.4. The van der Waals surface area contributed by atoms with Gasteiger partial charge in [-0.2, -0.15) is 5.10 Å². The maximum Gasteiger partial charge on any atom is 0.328 e. The topological polar surface area (TPSA) is 93.2 Å². The molecule has 1 aromatic heterocycles. The number of aromatic nitrogens is 2. The average molecular weight is 259 g/mol. The van der Waals surface area contributed by atoms with E-state index in [1.54, 1.807) is 23.9 Å². The third-order valence-corrected chi connectivity index (χ3v) is 3.23. The van der Waals surface area contributed by atoms with Crippen molar-refractivity contribution in [3.8, 4) is 0 Å². The summed E-state index contributed by atoms with van der Waals surface area (Å²) in [5.74, 6) is 0.337. The predicted molar refractivity (Wildman–Crippen MR) is 70.6 cm³/mol. The molecule has 2 heterocycles. The number of rotatable bonds is 1. The molecule has 0 bridgehead atoms. The number of nitrogens with two attached hydrogens (primary N) is 1. The van der Waals surface area contributed by atoms with Crippen LogP contribution in [0.5, 0.6) is 0 Å². The molecule has 1 saturated heterocycles. The van der Waals surface area contributed by atoms with Gasteiger partial charge in [-0.3, -0.25) is 19.7 Å². The Morgan fingerprint density at radius 1 is 1.37 bits per heavy atom. The summed E-state index contributed by atoms with van der Waals surface area (Å²) in [5.41, 5.74) is 7.30. The van der Waals surface area contributed by atoms with Crippen LogP contribution in [-0.2, 0) is 11.8 Å². The molecule has 0 saturated carbocycles. The zero-order valence-electron chi connectivity index (χ0n) is 10.4. The lowest BCUT2D eigenvalue weighted by Gasteiger charge is -2.26. The summed E-state index contributed by atoms with van der Waals surface area (Å²) in [7, 11) is 1.77. The Morgan fingerprint density at radius 3 is 2.89 bits per heavy atom. The molecule has 1 aliphatic heterocycles. The number of urea groups is 1. The molecule has 3 N–H and O–H groups in total. The van der Waals surface area contributed by atoms with E-state index in [4.69, 9.17) is 5.73 Å². The van der Waals surface area contributed by atoms with Crippen molar-refractivity contribution in [2.75, 3.05) is 17.2 Å². The lowest BCUT2D eigenvalue weighted by molar-refractivity contribution is -0.120. The van der Waals surface area contributed by atoms with Crippen LogP contribution in [0.3, 0.4) is 0 Å². The number of carbonyl (C=O) groups is 2. The van der Waals surface area contributed by atoms with Crippen LogP contribution in [0.2, 0.25) is 0 Å². The van der Waals surface area contributed by atoms with Gasteiger partial charge in [0.15, 0.2) is 0 Å². The molecule has 1 aliphatic rings. The normalized spacial score (nSPS) is 15.9. The van der Waals surface area contributed by atoms with E-state index >= 15 is 0 Å². The van der Waals surface area contributed by atoms with E-state index in [-0.39, 0.29) is 5.91 Å². The van der Waals surface area contributed by atoms with Crippen molar-refractivity contribution in [2.45, 2.75) is 6.42 Å². The predicted octanol–water partition coefficient (Wildman–Crippen LogP) is 0.602. The molecule has 0 aliphatic carbocycles. The number of hydrogen-bond acceptors (Lipinski definition) is 4. The fourth-order valence-corrected chi connectivity index (χ4v) is 2.19. The second kappa shape index (κ2) is 3.98. The van der Waals surface area contributed by atoms with Crippen LogP contribution in [0, 0.1) is 0 Å². The number of fused-ring (bicyclic) bond motifs is 1. The molecule has 7 nitrogen and oxygen atoms in total. The first kappa shape index (κ1) is 11.5. The van der Waals surface area contributed by atoms with E-state index in [0.717, 1.165) is 10.9 Å². The molecular formula is C12H13N5O2. The number of hydrogen-bond donors (Lipinski definition) is 2. The highest BCUT2D eigenvalue weighted by atomic mass is 16.2. The van der Waals surface area contributed by atoms with Gasteiger partial charge in [0.2, 0.25) is 5.91 Å². The number of nitrogen functional groups attached to an aromatic ring is 1. The number of aryl methyl sites for hydroxylation is 1. The van der Waals surface area contributed by atoms with E-state index in [2.05, 4.69) is 10.4 Å². The molecule has 98 valence electrons. The monoisotopic (exact) mass is 259 g/mol. The Morgan fingerprint density at radius 2 is 2.16 bits per heavy atom. The molecular weight excluding hydrogens is 246 g/mol. The van der Waals surface area contributed by atoms with Crippen LogP contribution in [0.1, 0.15) is 6.42 Å². The molecule has 0 spiro atoms. The summed E-state index contributed by atoms with van der Waals surface area (Å²) in [5, 5.41) is 7.41. The summed E-state index contributed by atoms with van der Waals surface area (Å²) in [4.78, 5) is 24.4. The number of imide groups is 1. The molecule has 3 rings (SSSR count). The Labute approximate surface area is 109 Å². The van der Waals surface area contributed by atoms with Gasteiger partial charge in [0.05, 0.1) is 5.52 Å². The molecule has 19 heavy (non-hydrogen) atoms. The maximum atomic E-state index is 11.8. The van der Waals surface area contributed by atoms with Gasteiger partial charge in [-0.15, -0.1) is 0 Å². The first-order valence-electron chi connectivity index (χ1n) is 5.90. The fraction of sp³-hybridized carbons (Fsp3) is 0.250. The third kappa shape index (κ3) is 1.79. The van der Waals surface area contributed by atoms with E-state index in [1.165, 1.54) is 4.90 Å². The van der Waals surface area contributed by atoms with Crippen molar-refractivity contribution >= 4 is 34.3 Å². The minimum Gasteiger partial charge on any atom is -0.383 e. The second-order valence-electron chi connectivity index (χ2n) is 4.47. The highest BCUT2D eigenvalue weighted by Crippen LogP contribution is 2.26. The van der Waals surface area contributed by atoms with Gasteiger partial charge in [-0.1, -0.05) is 0 Å². The lowest BCUT2D eigenvalue weighted by atomic mass is 10.2. The summed E-state index contributed by atoms with van der Waals surface area (Å²) in [6, 6.07) is 5.02. The first-order valence-corrected chi connectivity index (χ1v) is 5.90. The molecule has 1 fully saturated rings. The van der Waals surface area contributed by atoms with E-state index in [9.17, 15) is 9.59 Å². The Bertz CT molecular complexity index is 691. The van der Waals surface area contributed by atoms with Gasteiger partial charge >= 0.3 is 6.03 Å². The summed E-state index contributed by atoms with van der Waals surface area (Å²) < 4.78 is 1.59. The zero-order chi connectivity index (χ0) is 13.6. The van der Waals surface area contributed by atoms with E-state index in [0.29, 0.717) is 24.5 Å². The summed E-state index contributed by atoms with van der Waals surface area (Å²) >= 11 is 0. The minimum absolute atomic E-state index is 0.246. The van der Waals surface area contributed by atoms with Crippen LogP contribution < -0.4 is 16.0 Å². The Balaban J connectivity index is 2.01. The number of anilines is 2. The Hall–Kier alpha value is -2.57. The van der Waals surface area contributed by atoms with Crippen molar-refractivity contribution in [1.82, 2.24) is 15.1 Å². The molecule has 0 atom stereocenters. The van der Waals surface area contributed by atoms with Gasteiger partial charge in [-0.25, -0.2) is 4.79 Å². The number of nitrogens with zero attached hydrogens (tertiary/aromatic N) is 3. The molecule has 7 heteroatoms. The van der Waals surface area contributed by atoms with Crippen LogP contribution in [-0.4, -0.2) is 28.3 Å². The second-order valence-corrected chi connectivity index (χ2v) is 4.47. The lowest BCUT2D eigenvalue weighted by Crippen LogP contribution is -2.49. The summed E-state index contributed by atoms with van der Waals surface area (Å²) in [6.45, 7) is 0.374. The maximum absolute atomic E-state index is 11.8. The van der Waals surface area contributed by atoms with Crippen molar-refractivity contribution in [3.63, 3.8) is 0 Å². The van der Waals surface area contributed by atoms with E-state index < -0.39 is 6.03 Å². The number of carbonyl (C=O) groups excluding carboxylic acids is 2. The molecule has 2 aromatic rings. The molecule has 0 radical (unpaired) electrons. The van der Waals surface area contributed by atoms with Gasteiger partial charge in [0.25, 0.3) is 0 Å². The van der Waals surface area contributed by atoms with Crippen LogP contribution in [0.4, 0.5) is 16.3 Å². The minimum atomic E-state index is -0.403. The quantitative estimate of drug-likeness (QED) is 0.784. The summed E-state index contributed by atoms with van der Waals surface area (Å²) in [6.07, 6.45) is 0.300. The van der Waals surface area contributed by atoms with Gasteiger partial charge < -0.3 is 5.73 Å². The largest absolute Gasteiger partial charge is 0.383 e. The SMILES string of the molecule is Cn1nc2cc(N3CCC(=O)NC3=O)ccc2c1N. The number of nitrogens with one attached hydrogen (secondary N) is 1.